The molecule has 4 rings (SSSR count). The van der Waals surface area contributed by atoms with Gasteiger partial charge in [0.15, 0.2) is 12.0 Å². The number of aliphatic hydroxyl groups is 1. The van der Waals surface area contributed by atoms with Crippen LogP contribution in [0.1, 0.15) is 20.1 Å². The SMILES string of the molecule is CC1(C)O[C@@H]2[C@H](O1)[C@@H](CO)O[C@H]2n1ccc2c(Cl)nc(F)nc21. The van der Waals surface area contributed by atoms with Gasteiger partial charge >= 0.3 is 6.08 Å². The molecule has 0 amide bonds. The number of nitrogens with zero attached hydrogens (tertiary/aromatic N) is 3. The van der Waals surface area contributed by atoms with Crippen molar-refractivity contribution in [1.29, 1.82) is 0 Å². The molecular formula is C14H15ClFN3O4. The molecule has 0 aromatic carbocycles. The van der Waals surface area contributed by atoms with Crippen molar-refractivity contribution in [2.45, 2.75) is 44.2 Å². The van der Waals surface area contributed by atoms with Crippen LogP contribution >= 0.6 is 11.6 Å². The summed E-state index contributed by atoms with van der Waals surface area (Å²) in [5, 5.41) is 10.1. The smallest absolute Gasteiger partial charge is 0.312 e. The molecule has 2 aliphatic heterocycles. The fraction of sp³-hybridized carbons (Fsp3) is 0.571. The summed E-state index contributed by atoms with van der Waals surface area (Å²) >= 11 is 5.95. The molecule has 2 aromatic rings. The van der Waals surface area contributed by atoms with Gasteiger partial charge in [0.2, 0.25) is 0 Å². The Bertz CT molecular complexity index is 768. The van der Waals surface area contributed by atoms with E-state index in [1.54, 1.807) is 30.7 Å². The molecule has 9 heteroatoms. The van der Waals surface area contributed by atoms with Crippen LogP contribution in [0.25, 0.3) is 11.0 Å². The van der Waals surface area contributed by atoms with E-state index in [1.165, 1.54) is 0 Å². The van der Waals surface area contributed by atoms with Gasteiger partial charge < -0.3 is 23.9 Å². The summed E-state index contributed by atoms with van der Waals surface area (Å²) < 4.78 is 32.7. The van der Waals surface area contributed by atoms with Crippen molar-refractivity contribution in [3.05, 3.63) is 23.5 Å². The second kappa shape index (κ2) is 5.09. The van der Waals surface area contributed by atoms with Crippen molar-refractivity contribution in [2.75, 3.05) is 6.61 Å². The van der Waals surface area contributed by atoms with Crippen LogP contribution in [-0.4, -0.2) is 50.3 Å². The van der Waals surface area contributed by atoms with E-state index in [4.69, 9.17) is 25.8 Å². The van der Waals surface area contributed by atoms with E-state index in [0.29, 0.717) is 11.0 Å². The van der Waals surface area contributed by atoms with Crippen LogP contribution in [-0.2, 0) is 14.2 Å². The molecule has 2 aliphatic rings. The number of halogens is 2. The maximum atomic E-state index is 13.5. The van der Waals surface area contributed by atoms with Gasteiger partial charge in [-0.25, -0.2) is 0 Å². The zero-order valence-electron chi connectivity index (χ0n) is 12.4. The minimum Gasteiger partial charge on any atom is -0.394 e. The van der Waals surface area contributed by atoms with Gasteiger partial charge in [0.1, 0.15) is 29.1 Å². The molecule has 4 heterocycles. The highest BCUT2D eigenvalue weighted by molar-refractivity contribution is 6.33. The Balaban J connectivity index is 1.79. The van der Waals surface area contributed by atoms with Gasteiger partial charge in [0.05, 0.1) is 12.0 Å². The topological polar surface area (TPSA) is 78.6 Å². The van der Waals surface area contributed by atoms with Crippen LogP contribution in [0.2, 0.25) is 5.15 Å². The van der Waals surface area contributed by atoms with Crippen molar-refractivity contribution in [3.63, 3.8) is 0 Å². The van der Waals surface area contributed by atoms with E-state index >= 15 is 0 Å². The number of ether oxygens (including phenoxy) is 3. The Hall–Kier alpha value is -1.32. The van der Waals surface area contributed by atoms with Crippen LogP contribution in [0.15, 0.2) is 12.3 Å². The number of aromatic nitrogens is 3. The van der Waals surface area contributed by atoms with Crippen molar-refractivity contribution < 1.29 is 23.7 Å². The highest BCUT2D eigenvalue weighted by Gasteiger charge is 2.55. The van der Waals surface area contributed by atoms with Crippen LogP contribution in [0.4, 0.5) is 4.39 Å². The second-order valence-electron chi connectivity index (χ2n) is 6.06. The zero-order chi connectivity index (χ0) is 16.4. The van der Waals surface area contributed by atoms with Crippen LogP contribution in [0, 0.1) is 6.08 Å². The molecule has 7 nitrogen and oxygen atoms in total. The van der Waals surface area contributed by atoms with Gasteiger partial charge in [-0.05, 0) is 19.9 Å². The maximum absolute atomic E-state index is 13.5. The summed E-state index contributed by atoms with van der Waals surface area (Å²) in [6, 6.07) is 1.68. The van der Waals surface area contributed by atoms with E-state index in [0.717, 1.165) is 0 Å². The van der Waals surface area contributed by atoms with E-state index in [-0.39, 0.29) is 11.8 Å². The predicted molar refractivity (Wildman–Crippen MR) is 77.3 cm³/mol. The first-order chi connectivity index (χ1) is 10.9. The molecular weight excluding hydrogens is 329 g/mol. The highest BCUT2D eigenvalue weighted by atomic mass is 35.5. The molecule has 2 fully saturated rings. The third kappa shape index (κ3) is 2.33. The number of rotatable bonds is 2. The largest absolute Gasteiger partial charge is 0.394 e. The monoisotopic (exact) mass is 343 g/mol. The third-order valence-corrected chi connectivity index (χ3v) is 4.37. The molecule has 1 N–H and O–H groups in total. The molecule has 23 heavy (non-hydrogen) atoms. The Morgan fingerprint density at radius 3 is 2.83 bits per heavy atom. The molecule has 0 bridgehead atoms. The van der Waals surface area contributed by atoms with Gasteiger partial charge in [0.25, 0.3) is 0 Å². The number of hydrogen-bond acceptors (Lipinski definition) is 6. The molecule has 4 atom stereocenters. The Labute approximate surface area is 135 Å². The molecule has 0 spiro atoms. The quantitative estimate of drug-likeness (QED) is 0.659. The predicted octanol–water partition coefficient (Wildman–Crippen LogP) is 1.63. The lowest BCUT2D eigenvalue weighted by molar-refractivity contribution is -0.199. The van der Waals surface area contributed by atoms with Crippen molar-refractivity contribution in [1.82, 2.24) is 14.5 Å². The Morgan fingerprint density at radius 2 is 2.09 bits per heavy atom. The fourth-order valence-corrected chi connectivity index (χ4v) is 3.42. The molecule has 0 saturated carbocycles. The van der Waals surface area contributed by atoms with Crippen molar-refractivity contribution in [3.8, 4) is 0 Å². The minimum atomic E-state index is -0.917. The van der Waals surface area contributed by atoms with Gasteiger partial charge in [0, 0.05) is 6.20 Å². The number of fused-ring (bicyclic) bond motifs is 2. The standard InChI is InChI=1S/C14H15ClFN3O4/c1-14(2)22-8-7(5-20)21-12(9(8)23-14)19-4-3-6-10(15)17-13(16)18-11(6)19/h3-4,7-9,12,20H,5H2,1-2H3/t7-,8-,9-,12-/m1/s1. The summed E-state index contributed by atoms with van der Waals surface area (Å²) in [5.74, 6) is -0.786. The first kappa shape index (κ1) is 15.2. The summed E-state index contributed by atoms with van der Waals surface area (Å²) in [5.41, 5.74) is 0.304. The van der Waals surface area contributed by atoms with E-state index < -0.39 is 36.4 Å². The first-order valence-corrected chi connectivity index (χ1v) is 7.59. The highest BCUT2D eigenvalue weighted by Crippen LogP contribution is 2.43. The minimum absolute atomic E-state index is 0.0309. The van der Waals surface area contributed by atoms with Crippen LogP contribution < -0.4 is 0 Å². The molecule has 2 saturated heterocycles. The van der Waals surface area contributed by atoms with E-state index in [1.807, 2.05) is 0 Å². The summed E-state index contributed by atoms with van der Waals surface area (Å²) in [4.78, 5) is 7.30. The average Bonchev–Trinajstić information content (AvgIpc) is 3.09. The van der Waals surface area contributed by atoms with Gasteiger partial charge in [-0.3, -0.25) is 0 Å². The summed E-state index contributed by atoms with van der Waals surface area (Å²) in [6.45, 7) is 3.38. The lowest BCUT2D eigenvalue weighted by Crippen LogP contribution is -2.31. The molecule has 0 radical (unpaired) electrons. The molecule has 0 unspecified atom stereocenters. The van der Waals surface area contributed by atoms with E-state index in [2.05, 4.69) is 9.97 Å². The lowest BCUT2D eigenvalue weighted by Gasteiger charge is -2.24. The molecule has 124 valence electrons. The summed E-state index contributed by atoms with van der Waals surface area (Å²) in [7, 11) is 0. The zero-order valence-corrected chi connectivity index (χ0v) is 13.2. The fourth-order valence-electron chi connectivity index (χ4n) is 3.21. The van der Waals surface area contributed by atoms with Crippen LogP contribution in [0.3, 0.4) is 0 Å². The second-order valence-corrected chi connectivity index (χ2v) is 6.41. The van der Waals surface area contributed by atoms with Crippen molar-refractivity contribution >= 4 is 22.6 Å². The lowest BCUT2D eigenvalue weighted by atomic mass is 10.1. The van der Waals surface area contributed by atoms with Gasteiger partial charge in [-0.15, -0.1) is 0 Å². The number of aliphatic hydroxyl groups excluding tert-OH is 1. The van der Waals surface area contributed by atoms with E-state index in [9.17, 15) is 9.50 Å². The normalized spacial score (nSPS) is 32.6. The average molecular weight is 344 g/mol. The maximum Gasteiger partial charge on any atom is 0.312 e. The first-order valence-electron chi connectivity index (χ1n) is 7.21. The molecule has 2 aromatic heterocycles. The van der Waals surface area contributed by atoms with Crippen molar-refractivity contribution in [2.24, 2.45) is 0 Å². The van der Waals surface area contributed by atoms with Gasteiger partial charge in [-0.2, -0.15) is 14.4 Å². The third-order valence-electron chi connectivity index (χ3n) is 4.08. The molecule has 0 aliphatic carbocycles. The Morgan fingerprint density at radius 1 is 1.35 bits per heavy atom. The van der Waals surface area contributed by atoms with Gasteiger partial charge in [-0.1, -0.05) is 11.6 Å². The summed E-state index contributed by atoms with van der Waals surface area (Å²) in [6.07, 6.45) is -1.25. The van der Waals surface area contributed by atoms with Crippen LogP contribution in [0.5, 0.6) is 0 Å². The number of hydrogen-bond donors (Lipinski definition) is 1. The Kier molecular flexibility index (Phi) is 3.37.